The summed E-state index contributed by atoms with van der Waals surface area (Å²) in [4.78, 5) is 7.14. The third-order valence-corrected chi connectivity index (χ3v) is 3.96. The van der Waals surface area contributed by atoms with E-state index >= 15 is 0 Å². The predicted molar refractivity (Wildman–Crippen MR) is 63.6 cm³/mol. The Morgan fingerprint density at radius 3 is 2.63 bits per heavy atom. The van der Waals surface area contributed by atoms with E-state index in [0.29, 0.717) is 12.4 Å². The molecule has 1 aromatic rings. The summed E-state index contributed by atoms with van der Waals surface area (Å²) in [5.41, 5.74) is -0.858. The van der Waals surface area contributed by atoms with Crippen LogP contribution in [0.5, 0.6) is 0 Å². The zero-order valence-corrected chi connectivity index (χ0v) is 10.3. The van der Waals surface area contributed by atoms with E-state index in [2.05, 4.69) is 20.6 Å². The topological polar surface area (TPSA) is 49.8 Å². The molecular formula is C12H15F3N4. The molecule has 0 aromatic carbocycles. The standard InChI is InChI=1S/C12H15F3N4/c13-12(14,15)9-5-17-10(6-16-9)18-7-11-3-8(4-11)1-2-19-11/h5-6,8,19H,1-4,7H2,(H,17,18). The van der Waals surface area contributed by atoms with Gasteiger partial charge < -0.3 is 10.6 Å². The lowest BCUT2D eigenvalue weighted by atomic mass is 9.64. The van der Waals surface area contributed by atoms with Crippen LogP contribution in [-0.2, 0) is 6.18 Å². The van der Waals surface area contributed by atoms with Crippen LogP contribution >= 0.6 is 0 Å². The number of piperidine rings is 2. The Balaban J connectivity index is 1.59. The highest BCUT2D eigenvalue weighted by atomic mass is 19.4. The number of nitrogens with zero attached hydrogens (tertiary/aromatic N) is 2. The molecule has 3 aliphatic rings. The summed E-state index contributed by atoms with van der Waals surface area (Å²) in [6, 6.07) is 0. The van der Waals surface area contributed by atoms with Gasteiger partial charge in [0.25, 0.3) is 0 Å². The minimum Gasteiger partial charge on any atom is -0.367 e. The Morgan fingerprint density at radius 2 is 2.11 bits per heavy atom. The van der Waals surface area contributed by atoms with Crippen LogP contribution < -0.4 is 10.6 Å². The quantitative estimate of drug-likeness (QED) is 0.884. The molecule has 7 heteroatoms. The van der Waals surface area contributed by atoms with Crippen molar-refractivity contribution in [3.63, 3.8) is 0 Å². The van der Waals surface area contributed by atoms with Crippen molar-refractivity contribution in [1.82, 2.24) is 15.3 Å². The monoisotopic (exact) mass is 272 g/mol. The molecule has 2 bridgehead atoms. The number of alkyl halides is 3. The Hall–Kier alpha value is -1.37. The van der Waals surface area contributed by atoms with Crippen LogP contribution in [-0.4, -0.2) is 28.6 Å². The van der Waals surface area contributed by atoms with Crippen molar-refractivity contribution in [2.24, 2.45) is 5.92 Å². The summed E-state index contributed by atoms with van der Waals surface area (Å²) >= 11 is 0. The average molecular weight is 272 g/mol. The minimum atomic E-state index is -4.43. The van der Waals surface area contributed by atoms with Gasteiger partial charge in [0.15, 0.2) is 5.69 Å². The van der Waals surface area contributed by atoms with Crippen molar-refractivity contribution in [1.29, 1.82) is 0 Å². The predicted octanol–water partition coefficient (Wildman–Crippen LogP) is 2.05. The number of rotatable bonds is 3. The van der Waals surface area contributed by atoms with Crippen molar-refractivity contribution in [2.75, 3.05) is 18.4 Å². The summed E-state index contributed by atoms with van der Waals surface area (Å²) in [5.74, 6) is 1.19. The second kappa shape index (κ2) is 4.33. The van der Waals surface area contributed by atoms with Crippen LogP contribution in [0.3, 0.4) is 0 Å². The van der Waals surface area contributed by atoms with Crippen molar-refractivity contribution in [2.45, 2.75) is 31.0 Å². The molecule has 1 aromatic heterocycles. The number of hydrogen-bond acceptors (Lipinski definition) is 4. The van der Waals surface area contributed by atoms with Gasteiger partial charge in [-0.25, -0.2) is 9.97 Å². The first kappa shape index (κ1) is 12.7. The number of halogens is 3. The third-order valence-electron chi connectivity index (χ3n) is 3.96. The number of aromatic nitrogens is 2. The van der Waals surface area contributed by atoms with E-state index < -0.39 is 11.9 Å². The largest absolute Gasteiger partial charge is 0.434 e. The summed E-state index contributed by atoms with van der Waals surface area (Å²) in [6.07, 6.45) is 0.955. The average Bonchev–Trinajstić information content (AvgIpc) is 2.36. The molecule has 1 aliphatic carbocycles. The van der Waals surface area contributed by atoms with Gasteiger partial charge in [0.05, 0.1) is 12.4 Å². The van der Waals surface area contributed by atoms with Gasteiger partial charge in [0.2, 0.25) is 0 Å². The molecule has 0 spiro atoms. The molecule has 2 N–H and O–H groups in total. The smallest absolute Gasteiger partial charge is 0.367 e. The second-order valence-electron chi connectivity index (χ2n) is 5.41. The molecule has 0 radical (unpaired) electrons. The molecule has 4 rings (SSSR count). The summed E-state index contributed by atoms with van der Waals surface area (Å²) in [5, 5.41) is 6.54. The van der Waals surface area contributed by atoms with Crippen molar-refractivity contribution in [3.05, 3.63) is 18.1 Å². The van der Waals surface area contributed by atoms with E-state index in [-0.39, 0.29) is 5.54 Å². The lowest BCUT2D eigenvalue weighted by molar-refractivity contribution is -0.141. The van der Waals surface area contributed by atoms with E-state index in [4.69, 9.17) is 0 Å². The van der Waals surface area contributed by atoms with Gasteiger partial charge in [0.1, 0.15) is 5.82 Å². The molecule has 4 nitrogen and oxygen atoms in total. The maximum atomic E-state index is 12.3. The molecule has 19 heavy (non-hydrogen) atoms. The van der Waals surface area contributed by atoms with Crippen LogP contribution in [0.2, 0.25) is 0 Å². The number of fused-ring (bicyclic) bond motifs is 2. The van der Waals surface area contributed by atoms with Crippen LogP contribution in [0.1, 0.15) is 25.0 Å². The minimum absolute atomic E-state index is 0.104. The summed E-state index contributed by atoms with van der Waals surface area (Å²) in [7, 11) is 0. The van der Waals surface area contributed by atoms with Crippen LogP contribution in [0.15, 0.2) is 12.4 Å². The van der Waals surface area contributed by atoms with E-state index in [9.17, 15) is 13.2 Å². The first-order valence-corrected chi connectivity index (χ1v) is 6.35. The van der Waals surface area contributed by atoms with Gasteiger partial charge in [-0.3, -0.25) is 0 Å². The molecule has 1 saturated carbocycles. The lowest BCUT2D eigenvalue weighted by Crippen LogP contribution is -2.63. The Bertz CT molecular complexity index is 446. The Morgan fingerprint density at radius 1 is 1.32 bits per heavy atom. The van der Waals surface area contributed by atoms with E-state index in [1.54, 1.807) is 0 Å². The molecule has 2 saturated heterocycles. The number of nitrogens with one attached hydrogen (secondary N) is 2. The highest BCUT2D eigenvalue weighted by Gasteiger charge is 2.46. The Labute approximate surface area is 108 Å². The maximum Gasteiger partial charge on any atom is 0.434 e. The van der Waals surface area contributed by atoms with Crippen molar-refractivity contribution < 1.29 is 13.2 Å². The summed E-state index contributed by atoms with van der Waals surface area (Å²) in [6.45, 7) is 1.70. The van der Waals surface area contributed by atoms with Gasteiger partial charge in [-0.15, -0.1) is 0 Å². The fourth-order valence-electron chi connectivity index (χ4n) is 2.97. The zero-order chi connectivity index (χ0) is 13.5. The third kappa shape index (κ3) is 2.51. The van der Waals surface area contributed by atoms with E-state index in [1.807, 2.05) is 0 Å². The first-order chi connectivity index (χ1) is 8.97. The molecule has 0 amide bonds. The maximum absolute atomic E-state index is 12.3. The summed E-state index contributed by atoms with van der Waals surface area (Å²) < 4.78 is 37.0. The van der Waals surface area contributed by atoms with Crippen molar-refractivity contribution in [3.8, 4) is 0 Å². The number of anilines is 1. The zero-order valence-electron chi connectivity index (χ0n) is 10.3. The van der Waals surface area contributed by atoms with Crippen LogP contribution in [0.25, 0.3) is 0 Å². The fraction of sp³-hybridized carbons (Fsp3) is 0.667. The van der Waals surface area contributed by atoms with Gasteiger partial charge in [-0.05, 0) is 31.7 Å². The molecular weight excluding hydrogens is 257 g/mol. The van der Waals surface area contributed by atoms with Gasteiger partial charge in [-0.1, -0.05) is 0 Å². The molecule has 0 atom stereocenters. The lowest BCUT2D eigenvalue weighted by Gasteiger charge is -2.53. The normalized spacial score (nSPS) is 29.7. The van der Waals surface area contributed by atoms with Gasteiger partial charge in [0, 0.05) is 12.1 Å². The van der Waals surface area contributed by atoms with Crippen molar-refractivity contribution >= 4 is 5.82 Å². The fourth-order valence-corrected chi connectivity index (χ4v) is 2.97. The first-order valence-electron chi connectivity index (χ1n) is 6.35. The molecule has 3 heterocycles. The van der Waals surface area contributed by atoms with E-state index in [1.165, 1.54) is 6.42 Å². The second-order valence-corrected chi connectivity index (χ2v) is 5.41. The van der Waals surface area contributed by atoms with Crippen LogP contribution in [0, 0.1) is 5.92 Å². The highest BCUT2D eigenvalue weighted by Crippen LogP contribution is 2.43. The molecule has 3 fully saturated rings. The highest BCUT2D eigenvalue weighted by molar-refractivity contribution is 5.33. The van der Waals surface area contributed by atoms with Gasteiger partial charge >= 0.3 is 6.18 Å². The van der Waals surface area contributed by atoms with E-state index in [0.717, 1.165) is 37.7 Å². The molecule has 0 unspecified atom stereocenters. The molecule has 2 aliphatic heterocycles. The molecule has 104 valence electrons. The van der Waals surface area contributed by atoms with Gasteiger partial charge in [-0.2, -0.15) is 13.2 Å². The Kier molecular flexibility index (Phi) is 2.88. The van der Waals surface area contributed by atoms with Crippen LogP contribution in [0.4, 0.5) is 19.0 Å². The number of hydrogen-bond donors (Lipinski definition) is 2. The SMILES string of the molecule is FC(F)(F)c1cnc(NCC23CC(CCN2)C3)cn1.